The van der Waals surface area contributed by atoms with E-state index < -0.39 is 11.7 Å². The van der Waals surface area contributed by atoms with E-state index in [1.807, 2.05) is 0 Å². The van der Waals surface area contributed by atoms with Crippen molar-refractivity contribution in [2.75, 3.05) is 27.2 Å². The van der Waals surface area contributed by atoms with Crippen LogP contribution in [0.1, 0.15) is 51.2 Å². The van der Waals surface area contributed by atoms with Crippen LogP contribution in [0.4, 0.5) is 13.2 Å². The molecule has 0 spiro atoms. The predicted molar refractivity (Wildman–Crippen MR) is 102 cm³/mol. The number of halogens is 4. The summed E-state index contributed by atoms with van der Waals surface area (Å²) in [5.41, 5.74) is 0.235. The van der Waals surface area contributed by atoms with Crippen molar-refractivity contribution < 1.29 is 13.2 Å². The van der Waals surface area contributed by atoms with Gasteiger partial charge in [-0.2, -0.15) is 13.2 Å². The molecule has 6 heteroatoms. The average molecular weight is 391 g/mol. The zero-order valence-corrected chi connectivity index (χ0v) is 17.1. The second-order valence-corrected chi connectivity index (χ2v) is 9.03. The monoisotopic (exact) mass is 390 g/mol. The third-order valence-electron chi connectivity index (χ3n) is 5.67. The number of aryl methyl sites for hydroxylation is 1. The number of likely N-dealkylation sites (N-methyl/N-ethyl adjacent to an activating group) is 1. The molecule has 0 radical (unpaired) electrons. The first kappa shape index (κ1) is 21.5. The molecule has 1 aliphatic heterocycles. The predicted octanol–water partition coefficient (Wildman–Crippen LogP) is 5.49. The van der Waals surface area contributed by atoms with Gasteiger partial charge in [0.15, 0.2) is 0 Å². The van der Waals surface area contributed by atoms with Gasteiger partial charge in [0.25, 0.3) is 0 Å². The van der Waals surface area contributed by atoms with E-state index in [4.69, 9.17) is 11.6 Å². The summed E-state index contributed by atoms with van der Waals surface area (Å²) in [6.07, 6.45) is -0.566. The number of hydrogen-bond acceptors (Lipinski definition) is 2. The Labute approximate surface area is 160 Å². The number of likely N-dealkylation sites (tertiary alicyclic amines) is 1. The largest absolute Gasteiger partial charge is 0.417 e. The number of nitrogens with zero attached hydrogens (tertiary/aromatic N) is 2. The highest BCUT2D eigenvalue weighted by molar-refractivity contribution is 6.31. The molecule has 1 fully saturated rings. The van der Waals surface area contributed by atoms with Crippen molar-refractivity contribution in [2.45, 2.75) is 63.7 Å². The average Bonchev–Trinajstić information content (AvgIpc) is 2.51. The molecular formula is C20H30ClF3N2. The quantitative estimate of drug-likeness (QED) is 0.671. The molecule has 1 heterocycles. The van der Waals surface area contributed by atoms with E-state index in [0.29, 0.717) is 6.42 Å². The van der Waals surface area contributed by atoms with Gasteiger partial charge in [0, 0.05) is 17.6 Å². The molecule has 148 valence electrons. The summed E-state index contributed by atoms with van der Waals surface area (Å²) in [7, 11) is 4.21. The molecule has 0 aromatic heterocycles. The van der Waals surface area contributed by atoms with E-state index in [0.717, 1.165) is 44.0 Å². The molecule has 26 heavy (non-hydrogen) atoms. The van der Waals surface area contributed by atoms with Crippen LogP contribution in [0, 0.1) is 0 Å². The van der Waals surface area contributed by atoms with Gasteiger partial charge >= 0.3 is 6.18 Å². The summed E-state index contributed by atoms with van der Waals surface area (Å²) < 4.78 is 38.6. The summed E-state index contributed by atoms with van der Waals surface area (Å²) in [6, 6.07) is 4.13. The first-order chi connectivity index (χ1) is 11.8. The lowest BCUT2D eigenvalue weighted by Crippen LogP contribution is -2.60. The highest BCUT2D eigenvalue weighted by atomic mass is 35.5. The van der Waals surface area contributed by atoms with Gasteiger partial charge in [-0.05, 0) is 84.8 Å². The second-order valence-electron chi connectivity index (χ2n) is 8.63. The molecule has 0 saturated carbocycles. The van der Waals surface area contributed by atoms with Crippen LogP contribution in [0.5, 0.6) is 0 Å². The molecule has 0 aliphatic carbocycles. The van der Waals surface area contributed by atoms with Gasteiger partial charge in [-0.1, -0.05) is 17.7 Å². The topological polar surface area (TPSA) is 6.48 Å². The molecule has 2 nitrogen and oxygen atoms in total. The van der Waals surface area contributed by atoms with Crippen LogP contribution in [0.2, 0.25) is 5.02 Å². The number of piperidine rings is 1. The highest BCUT2D eigenvalue weighted by Gasteiger charge is 2.40. The maximum absolute atomic E-state index is 12.9. The van der Waals surface area contributed by atoms with E-state index >= 15 is 0 Å². The van der Waals surface area contributed by atoms with Crippen LogP contribution >= 0.6 is 11.6 Å². The fraction of sp³-hybridized carbons (Fsp3) is 0.700. The molecule has 0 unspecified atom stereocenters. The molecule has 1 saturated heterocycles. The minimum absolute atomic E-state index is 0.0285. The molecule has 0 N–H and O–H groups in total. The number of benzene rings is 1. The van der Waals surface area contributed by atoms with Crippen molar-refractivity contribution in [1.29, 1.82) is 0 Å². The van der Waals surface area contributed by atoms with Crippen molar-refractivity contribution in [1.82, 2.24) is 9.80 Å². The summed E-state index contributed by atoms with van der Waals surface area (Å²) in [4.78, 5) is 4.80. The van der Waals surface area contributed by atoms with Crippen LogP contribution < -0.4 is 0 Å². The Morgan fingerprint density at radius 2 is 1.85 bits per heavy atom. The molecule has 1 aromatic carbocycles. The zero-order chi connectivity index (χ0) is 19.8. The first-order valence-corrected chi connectivity index (χ1v) is 9.51. The molecule has 1 aromatic rings. The lowest BCUT2D eigenvalue weighted by molar-refractivity contribution is -0.137. The molecule has 0 amide bonds. The van der Waals surface area contributed by atoms with Crippen molar-refractivity contribution in [3.05, 3.63) is 34.3 Å². The Balaban J connectivity index is 2.15. The number of alkyl halides is 3. The number of rotatable bonds is 4. The summed E-state index contributed by atoms with van der Waals surface area (Å²) >= 11 is 5.88. The molecule has 1 atom stereocenters. The van der Waals surface area contributed by atoms with Gasteiger partial charge in [-0.3, -0.25) is 4.90 Å². The van der Waals surface area contributed by atoms with Gasteiger partial charge in [-0.15, -0.1) is 0 Å². The summed E-state index contributed by atoms with van der Waals surface area (Å²) in [6.45, 7) is 8.75. The van der Waals surface area contributed by atoms with Crippen LogP contribution in [-0.4, -0.2) is 48.1 Å². The van der Waals surface area contributed by atoms with E-state index in [-0.39, 0.29) is 16.1 Å². The molecular weight excluding hydrogens is 361 g/mol. The van der Waals surface area contributed by atoms with Crippen LogP contribution in [0.3, 0.4) is 0 Å². The number of hydrogen-bond donors (Lipinski definition) is 0. The van der Waals surface area contributed by atoms with E-state index in [9.17, 15) is 13.2 Å². The minimum atomic E-state index is -4.41. The Morgan fingerprint density at radius 1 is 1.19 bits per heavy atom. The minimum Gasteiger partial charge on any atom is -0.302 e. The maximum atomic E-state index is 12.9. The third kappa shape index (κ3) is 4.93. The Kier molecular flexibility index (Phi) is 6.36. The van der Waals surface area contributed by atoms with E-state index in [1.54, 1.807) is 6.07 Å². The lowest BCUT2D eigenvalue weighted by atomic mass is 9.81. The Bertz CT molecular complexity index is 622. The summed E-state index contributed by atoms with van der Waals surface area (Å²) in [5, 5.41) is -0.214. The van der Waals surface area contributed by atoms with Gasteiger partial charge in [0.05, 0.1) is 10.6 Å². The van der Waals surface area contributed by atoms with Crippen LogP contribution in [0.15, 0.2) is 18.2 Å². The maximum Gasteiger partial charge on any atom is 0.417 e. The van der Waals surface area contributed by atoms with Gasteiger partial charge < -0.3 is 4.90 Å². The van der Waals surface area contributed by atoms with Gasteiger partial charge in [0.1, 0.15) is 0 Å². The third-order valence-corrected chi connectivity index (χ3v) is 5.98. The van der Waals surface area contributed by atoms with Gasteiger partial charge in [-0.25, -0.2) is 0 Å². The van der Waals surface area contributed by atoms with E-state index in [1.165, 1.54) is 6.07 Å². The lowest BCUT2D eigenvalue weighted by Gasteiger charge is -2.51. The standard InChI is InChI=1S/C20H30ClF3N2/c1-18(2,3)26-12-6-10-19(14-26,25(4)5)11-9-15-7-8-16(17(21)13-15)20(22,23)24/h7-8,13H,6,9-12,14H2,1-5H3/t19-/m1/s1. The molecule has 0 bridgehead atoms. The van der Waals surface area contributed by atoms with Crippen molar-refractivity contribution >= 4 is 11.6 Å². The molecule has 1 aliphatic rings. The Hall–Kier alpha value is -0.780. The van der Waals surface area contributed by atoms with Crippen LogP contribution in [-0.2, 0) is 12.6 Å². The van der Waals surface area contributed by atoms with Crippen molar-refractivity contribution in [3.8, 4) is 0 Å². The first-order valence-electron chi connectivity index (χ1n) is 9.13. The normalized spacial score (nSPS) is 22.8. The van der Waals surface area contributed by atoms with Crippen molar-refractivity contribution in [2.24, 2.45) is 0 Å². The van der Waals surface area contributed by atoms with Crippen LogP contribution in [0.25, 0.3) is 0 Å². The second kappa shape index (κ2) is 7.69. The smallest absolute Gasteiger partial charge is 0.302 e. The summed E-state index contributed by atoms with van der Waals surface area (Å²) in [5.74, 6) is 0. The fourth-order valence-electron chi connectivity index (χ4n) is 3.80. The Morgan fingerprint density at radius 3 is 2.35 bits per heavy atom. The fourth-order valence-corrected chi connectivity index (χ4v) is 4.11. The van der Waals surface area contributed by atoms with Gasteiger partial charge in [0.2, 0.25) is 0 Å². The SMILES string of the molecule is CN(C)[C@@]1(CCc2ccc(C(F)(F)F)c(Cl)c2)CCCN(C(C)(C)C)C1. The zero-order valence-electron chi connectivity index (χ0n) is 16.4. The van der Waals surface area contributed by atoms with E-state index in [2.05, 4.69) is 44.7 Å². The highest BCUT2D eigenvalue weighted by Crippen LogP contribution is 2.37. The molecule has 2 rings (SSSR count). The van der Waals surface area contributed by atoms with Crippen molar-refractivity contribution in [3.63, 3.8) is 0 Å².